The van der Waals surface area contributed by atoms with Crippen LogP contribution in [0, 0.1) is 14.9 Å². The molecule has 0 heterocycles. The van der Waals surface area contributed by atoms with Gasteiger partial charge in [0.1, 0.15) is 0 Å². The topological polar surface area (TPSA) is 26.0 Å². The second kappa shape index (κ2) is 8.82. The molecule has 0 aliphatic carbocycles. The summed E-state index contributed by atoms with van der Waals surface area (Å²) < 4.78 is 0. The van der Waals surface area contributed by atoms with Crippen LogP contribution in [0.5, 0.6) is 0 Å². The maximum absolute atomic E-state index is 6.02. The van der Waals surface area contributed by atoms with Crippen LogP contribution >= 0.6 is 0 Å². The van der Waals surface area contributed by atoms with Gasteiger partial charge in [-0.3, -0.25) is 0 Å². The fourth-order valence-corrected chi connectivity index (χ4v) is 2.89. The molecule has 3 rings (SSSR count). The number of hydrogen-bond donors (Lipinski definition) is 1. The van der Waals surface area contributed by atoms with Crippen LogP contribution in [0.4, 0.5) is 0 Å². The molecule has 0 aliphatic heterocycles. The molecule has 0 radical (unpaired) electrons. The number of rotatable bonds is 2. The number of benzene rings is 2. The van der Waals surface area contributed by atoms with Crippen LogP contribution in [0.1, 0.15) is 31.9 Å². The molecule has 3 aromatic rings. The molecule has 0 amide bonds. The van der Waals surface area contributed by atoms with Gasteiger partial charge in [0, 0.05) is 32.4 Å². The molecule has 3 aromatic carbocycles. The summed E-state index contributed by atoms with van der Waals surface area (Å²) in [4.78, 5) is 0. The summed E-state index contributed by atoms with van der Waals surface area (Å²) in [6.07, 6.45) is 0. The normalized spacial score (nSPS) is 10.5. The predicted molar refractivity (Wildman–Crippen MR) is 104 cm³/mol. The molecule has 24 heavy (non-hydrogen) atoms. The third-order valence-electron chi connectivity index (χ3n) is 4.16. The van der Waals surface area contributed by atoms with E-state index in [9.17, 15) is 0 Å². The molecular weight excluding hydrogens is 457 g/mol. The van der Waals surface area contributed by atoms with E-state index in [0.29, 0.717) is 6.54 Å². The van der Waals surface area contributed by atoms with Gasteiger partial charge in [0.05, 0.1) is 0 Å². The van der Waals surface area contributed by atoms with Gasteiger partial charge < -0.3 is 20.6 Å². The van der Waals surface area contributed by atoms with Gasteiger partial charge in [-0.15, -0.1) is 29.0 Å². The van der Waals surface area contributed by atoms with E-state index in [4.69, 9.17) is 5.73 Å². The van der Waals surface area contributed by atoms with E-state index >= 15 is 0 Å². The smallest absolute Gasteiger partial charge is 0.0184 e. The van der Waals surface area contributed by atoms with E-state index in [-0.39, 0.29) is 46.1 Å². The maximum atomic E-state index is 6.02. The number of nitrogens with two attached hydrogens (primary N) is 1. The van der Waals surface area contributed by atoms with E-state index in [1.54, 1.807) is 0 Å². The van der Waals surface area contributed by atoms with Crippen LogP contribution in [0.3, 0.4) is 0 Å². The molecule has 0 aromatic heterocycles. The van der Waals surface area contributed by atoms with Crippen molar-refractivity contribution >= 4 is 10.8 Å². The quantitative estimate of drug-likeness (QED) is 0.357. The number of fused-ring (bicyclic) bond motifs is 1. The van der Waals surface area contributed by atoms with Crippen molar-refractivity contribution in [3.63, 3.8) is 0 Å². The summed E-state index contributed by atoms with van der Waals surface area (Å²) in [7, 11) is 0. The molecule has 0 saturated carbocycles. The van der Waals surface area contributed by atoms with Crippen molar-refractivity contribution in [3.05, 3.63) is 80.6 Å². The Morgan fingerprint density at radius 3 is 2.29 bits per heavy atom. The Bertz CT molecular complexity index is 778. The van der Waals surface area contributed by atoms with Crippen molar-refractivity contribution in [2.24, 2.45) is 5.73 Å². The second-order valence-electron chi connectivity index (χ2n) is 6.66. The Hall–Kier alpha value is -1.12. The zero-order valence-electron chi connectivity index (χ0n) is 15.5. The monoisotopic (exact) mass is 486 g/mol. The second-order valence-corrected chi connectivity index (χ2v) is 6.66. The van der Waals surface area contributed by atoms with Gasteiger partial charge >= 0.3 is 0 Å². The maximum Gasteiger partial charge on any atom is 0.0184 e. The van der Waals surface area contributed by atoms with Crippen molar-refractivity contribution in [1.82, 2.24) is 0 Å². The molecule has 1 nitrogen and oxygen atoms in total. The Morgan fingerprint density at radius 2 is 1.67 bits per heavy atom. The Labute approximate surface area is 166 Å². The molecule has 128 valence electrons. The van der Waals surface area contributed by atoms with Gasteiger partial charge in [-0.25, -0.2) is 0 Å². The van der Waals surface area contributed by atoms with Crippen molar-refractivity contribution in [1.29, 1.82) is 0 Å². The summed E-state index contributed by atoms with van der Waals surface area (Å²) in [5.74, 6) is 0. The van der Waals surface area contributed by atoms with Crippen LogP contribution in [-0.4, -0.2) is 0 Å². The standard InChI is InChI=1S/C20H22N.2CH3.Hf/c1-20(2,3)16-10-11-18(15(12-16)13-21)19-9-5-7-14-6-4-8-17(14)19;;;/h4-12H,13,21H2,1-3H3;2*1H3;/q3*-1;. The number of hydrogen-bond acceptors (Lipinski definition) is 1. The van der Waals surface area contributed by atoms with Crippen LogP contribution in [0.15, 0.2) is 54.6 Å². The minimum atomic E-state index is 0. The fourth-order valence-electron chi connectivity index (χ4n) is 2.89. The molecule has 0 fully saturated rings. The molecule has 0 spiro atoms. The van der Waals surface area contributed by atoms with Gasteiger partial charge in [-0.05, 0) is 22.1 Å². The third kappa shape index (κ3) is 4.29. The van der Waals surface area contributed by atoms with Crippen LogP contribution in [0.25, 0.3) is 21.9 Å². The van der Waals surface area contributed by atoms with Crippen molar-refractivity contribution in [2.75, 3.05) is 0 Å². The summed E-state index contributed by atoms with van der Waals surface area (Å²) in [6.45, 7) is 7.27. The van der Waals surface area contributed by atoms with Crippen LogP contribution < -0.4 is 5.73 Å². The van der Waals surface area contributed by atoms with Crippen molar-refractivity contribution in [2.45, 2.75) is 32.7 Å². The average molecular weight is 485 g/mol. The summed E-state index contributed by atoms with van der Waals surface area (Å²) in [5.41, 5.74) is 11.2. The molecule has 0 saturated heterocycles. The van der Waals surface area contributed by atoms with Gasteiger partial charge in [-0.1, -0.05) is 50.6 Å². The zero-order valence-corrected chi connectivity index (χ0v) is 19.1. The summed E-state index contributed by atoms with van der Waals surface area (Å²) in [5, 5.41) is 2.59. The van der Waals surface area contributed by atoms with E-state index in [0.717, 1.165) is 0 Å². The first-order chi connectivity index (χ1) is 10.0. The van der Waals surface area contributed by atoms with Crippen molar-refractivity contribution in [3.8, 4) is 11.1 Å². The molecule has 0 atom stereocenters. The average Bonchev–Trinajstić information content (AvgIpc) is 2.94. The zero-order chi connectivity index (χ0) is 15.0. The third-order valence-corrected chi connectivity index (χ3v) is 4.16. The van der Waals surface area contributed by atoms with E-state index in [2.05, 4.69) is 75.4 Å². The van der Waals surface area contributed by atoms with Crippen LogP contribution in [0.2, 0.25) is 0 Å². The summed E-state index contributed by atoms with van der Waals surface area (Å²) >= 11 is 0. The minimum Gasteiger partial charge on any atom is -0.358 e. The first kappa shape index (κ1) is 22.9. The fraction of sp³-hybridized carbons (Fsp3) is 0.227. The predicted octanol–water partition coefficient (Wildman–Crippen LogP) is 5.88. The first-order valence-corrected chi connectivity index (χ1v) is 7.49. The molecule has 0 bridgehead atoms. The molecule has 0 unspecified atom stereocenters. The van der Waals surface area contributed by atoms with E-state index in [1.165, 1.54) is 33.0 Å². The largest absolute Gasteiger partial charge is 0.358 e. The molecular formula is C22H28HfN-3. The van der Waals surface area contributed by atoms with Crippen molar-refractivity contribution < 1.29 is 25.8 Å². The Balaban J connectivity index is 0.00000176. The molecule has 2 N–H and O–H groups in total. The van der Waals surface area contributed by atoms with Gasteiger partial charge in [0.15, 0.2) is 0 Å². The SMILES string of the molecule is CC(C)(C)c1ccc(-c2cccc3[cH-]ccc23)c(CN)c1.[CH3-].[CH3-].[Hf]. The van der Waals surface area contributed by atoms with E-state index < -0.39 is 0 Å². The first-order valence-electron chi connectivity index (χ1n) is 7.49. The van der Waals surface area contributed by atoms with E-state index in [1.807, 2.05) is 0 Å². The van der Waals surface area contributed by atoms with Gasteiger partial charge in [0.25, 0.3) is 0 Å². The molecule has 2 heteroatoms. The minimum absolute atomic E-state index is 0. The van der Waals surface area contributed by atoms with Crippen LogP contribution in [-0.2, 0) is 37.8 Å². The van der Waals surface area contributed by atoms with Gasteiger partial charge in [-0.2, -0.15) is 12.1 Å². The Morgan fingerprint density at radius 1 is 0.958 bits per heavy atom. The summed E-state index contributed by atoms with van der Waals surface area (Å²) in [6, 6.07) is 19.6. The van der Waals surface area contributed by atoms with Gasteiger partial charge in [0.2, 0.25) is 0 Å². The molecule has 0 aliphatic rings. The Kier molecular flexibility index (Phi) is 8.41.